The van der Waals surface area contributed by atoms with Crippen molar-refractivity contribution >= 4 is 17.0 Å². The van der Waals surface area contributed by atoms with Crippen LogP contribution in [-0.4, -0.2) is 25.6 Å². The number of carbonyl (C=O) groups is 1. The lowest BCUT2D eigenvalue weighted by atomic mass is 10.1. The largest absolute Gasteiger partial charge is 0.478 e. The molecule has 1 N–H and O–H groups in total. The maximum Gasteiger partial charge on any atom is 0.335 e. The van der Waals surface area contributed by atoms with Gasteiger partial charge < -0.3 is 9.67 Å². The molecular weight excluding hydrogens is 242 g/mol. The van der Waals surface area contributed by atoms with Crippen molar-refractivity contribution in [1.29, 1.82) is 0 Å². The van der Waals surface area contributed by atoms with E-state index in [4.69, 9.17) is 5.11 Å². The standard InChI is InChI=1S/C14H11N3O2/c1-17-12-6-7-15-8-11(12)16-13(17)9-2-4-10(5-3-9)14(18)19/h2-8H,1H3,(H,18,19). The molecule has 2 aromatic heterocycles. The van der Waals surface area contributed by atoms with Crippen LogP contribution in [-0.2, 0) is 7.05 Å². The summed E-state index contributed by atoms with van der Waals surface area (Å²) in [5.41, 5.74) is 2.96. The molecule has 0 aliphatic heterocycles. The molecule has 0 spiro atoms. The van der Waals surface area contributed by atoms with E-state index >= 15 is 0 Å². The zero-order chi connectivity index (χ0) is 13.4. The van der Waals surface area contributed by atoms with Crippen molar-refractivity contribution < 1.29 is 9.90 Å². The Morgan fingerprint density at radius 3 is 2.58 bits per heavy atom. The smallest absolute Gasteiger partial charge is 0.335 e. The van der Waals surface area contributed by atoms with Gasteiger partial charge in [-0.25, -0.2) is 9.78 Å². The summed E-state index contributed by atoms with van der Waals surface area (Å²) in [5.74, 6) is -0.138. The number of carboxylic acid groups (broad SMARTS) is 1. The molecule has 3 rings (SSSR count). The number of nitrogens with zero attached hydrogens (tertiary/aromatic N) is 3. The average Bonchev–Trinajstić information content (AvgIpc) is 2.77. The fraction of sp³-hybridized carbons (Fsp3) is 0.0714. The number of imidazole rings is 1. The molecule has 0 aliphatic carbocycles. The minimum absolute atomic E-state index is 0.268. The Morgan fingerprint density at radius 2 is 1.95 bits per heavy atom. The minimum Gasteiger partial charge on any atom is -0.478 e. The molecule has 2 heterocycles. The van der Waals surface area contributed by atoms with Gasteiger partial charge in [0.15, 0.2) is 0 Å². The molecule has 0 saturated heterocycles. The quantitative estimate of drug-likeness (QED) is 0.761. The van der Waals surface area contributed by atoms with Gasteiger partial charge in [-0.1, -0.05) is 12.1 Å². The Balaban J connectivity index is 2.13. The van der Waals surface area contributed by atoms with Crippen molar-refractivity contribution in [2.24, 2.45) is 7.05 Å². The zero-order valence-corrected chi connectivity index (χ0v) is 10.2. The van der Waals surface area contributed by atoms with Gasteiger partial charge in [0.25, 0.3) is 0 Å². The average molecular weight is 253 g/mol. The first-order chi connectivity index (χ1) is 9.16. The van der Waals surface area contributed by atoms with Gasteiger partial charge in [0.05, 0.1) is 17.3 Å². The molecule has 3 aromatic rings. The first-order valence-corrected chi connectivity index (χ1v) is 5.77. The van der Waals surface area contributed by atoms with E-state index in [-0.39, 0.29) is 5.56 Å². The number of pyridine rings is 1. The predicted molar refractivity (Wildman–Crippen MR) is 70.9 cm³/mol. The third kappa shape index (κ3) is 1.85. The monoisotopic (exact) mass is 253 g/mol. The zero-order valence-electron chi connectivity index (χ0n) is 10.2. The number of aromatic carboxylic acids is 1. The van der Waals surface area contributed by atoms with Crippen LogP contribution in [0.15, 0.2) is 42.7 Å². The molecule has 5 nitrogen and oxygen atoms in total. The first kappa shape index (κ1) is 11.4. The van der Waals surface area contributed by atoms with E-state index < -0.39 is 5.97 Å². The number of hydrogen-bond acceptors (Lipinski definition) is 3. The number of benzene rings is 1. The van der Waals surface area contributed by atoms with Crippen molar-refractivity contribution in [3.63, 3.8) is 0 Å². The van der Waals surface area contributed by atoms with E-state index in [0.29, 0.717) is 0 Å². The molecule has 0 bridgehead atoms. The van der Waals surface area contributed by atoms with Crippen molar-refractivity contribution in [2.45, 2.75) is 0 Å². The normalized spacial score (nSPS) is 10.8. The Labute approximate surface area is 109 Å². The van der Waals surface area contributed by atoms with Crippen LogP contribution in [0.1, 0.15) is 10.4 Å². The van der Waals surface area contributed by atoms with E-state index in [2.05, 4.69) is 9.97 Å². The van der Waals surface area contributed by atoms with Gasteiger partial charge in [0.1, 0.15) is 11.3 Å². The molecule has 1 aromatic carbocycles. The van der Waals surface area contributed by atoms with Crippen molar-refractivity contribution in [3.05, 3.63) is 48.3 Å². The lowest BCUT2D eigenvalue weighted by Crippen LogP contribution is -1.96. The van der Waals surface area contributed by atoms with E-state index in [1.165, 1.54) is 0 Å². The van der Waals surface area contributed by atoms with Gasteiger partial charge in [-0.3, -0.25) is 4.98 Å². The lowest BCUT2D eigenvalue weighted by Gasteiger charge is -2.02. The summed E-state index contributed by atoms with van der Waals surface area (Å²) >= 11 is 0. The van der Waals surface area contributed by atoms with E-state index in [1.807, 2.05) is 17.7 Å². The molecule has 94 valence electrons. The number of rotatable bonds is 2. The second-order valence-corrected chi connectivity index (χ2v) is 4.24. The second kappa shape index (κ2) is 4.20. The van der Waals surface area contributed by atoms with Gasteiger partial charge >= 0.3 is 5.97 Å². The highest BCUT2D eigenvalue weighted by molar-refractivity contribution is 5.88. The second-order valence-electron chi connectivity index (χ2n) is 4.24. The molecule has 0 saturated carbocycles. The minimum atomic E-state index is -0.930. The topological polar surface area (TPSA) is 68.0 Å². The summed E-state index contributed by atoms with van der Waals surface area (Å²) in [6, 6.07) is 8.58. The molecule has 0 radical (unpaired) electrons. The van der Waals surface area contributed by atoms with E-state index in [9.17, 15) is 4.79 Å². The summed E-state index contributed by atoms with van der Waals surface area (Å²) in [7, 11) is 1.93. The van der Waals surface area contributed by atoms with Crippen LogP contribution in [0, 0.1) is 0 Å². The maximum atomic E-state index is 10.8. The van der Waals surface area contributed by atoms with Crippen LogP contribution < -0.4 is 0 Å². The summed E-state index contributed by atoms with van der Waals surface area (Å²) < 4.78 is 1.97. The lowest BCUT2D eigenvalue weighted by molar-refractivity contribution is 0.0697. The van der Waals surface area contributed by atoms with Crippen molar-refractivity contribution in [2.75, 3.05) is 0 Å². The molecular formula is C14H11N3O2. The maximum absolute atomic E-state index is 10.8. The number of aryl methyl sites for hydroxylation is 1. The van der Waals surface area contributed by atoms with E-state index in [0.717, 1.165) is 22.4 Å². The van der Waals surface area contributed by atoms with Crippen LogP contribution in [0.4, 0.5) is 0 Å². The highest BCUT2D eigenvalue weighted by atomic mass is 16.4. The Bertz CT molecular complexity index is 760. The van der Waals surface area contributed by atoms with Crippen LogP contribution in [0.3, 0.4) is 0 Å². The first-order valence-electron chi connectivity index (χ1n) is 5.77. The highest BCUT2D eigenvalue weighted by Crippen LogP contribution is 2.23. The number of aromatic nitrogens is 3. The SMILES string of the molecule is Cn1c(-c2ccc(C(=O)O)cc2)nc2cnccc21. The van der Waals surface area contributed by atoms with Crippen LogP contribution in [0.25, 0.3) is 22.4 Å². The van der Waals surface area contributed by atoms with Gasteiger partial charge in [-0.05, 0) is 18.2 Å². The van der Waals surface area contributed by atoms with Crippen LogP contribution in [0.2, 0.25) is 0 Å². The van der Waals surface area contributed by atoms with E-state index in [1.54, 1.807) is 36.7 Å². The van der Waals surface area contributed by atoms with Gasteiger partial charge in [-0.15, -0.1) is 0 Å². The molecule has 0 aliphatic rings. The Kier molecular flexibility index (Phi) is 2.52. The highest BCUT2D eigenvalue weighted by Gasteiger charge is 2.10. The predicted octanol–water partition coefficient (Wildman–Crippen LogP) is 2.33. The Hall–Kier alpha value is -2.69. The molecule has 19 heavy (non-hydrogen) atoms. The number of fused-ring (bicyclic) bond motifs is 1. The Morgan fingerprint density at radius 1 is 1.21 bits per heavy atom. The molecule has 5 heteroatoms. The van der Waals surface area contributed by atoms with Gasteiger partial charge in [0, 0.05) is 18.8 Å². The molecule has 0 fully saturated rings. The number of carboxylic acids is 1. The van der Waals surface area contributed by atoms with Gasteiger partial charge in [0.2, 0.25) is 0 Å². The summed E-state index contributed by atoms with van der Waals surface area (Å²) in [4.78, 5) is 19.4. The fourth-order valence-electron chi connectivity index (χ4n) is 2.07. The van der Waals surface area contributed by atoms with Crippen LogP contribution in [0.5, 0.6) is 0 Å². The fourth-order valence-corrected chi connectivity index (χ4v) is 2.07. The van der Waals surface area contributed by atoms with Crippen LogP contribution >= 0.6 is 0 Å². The summed E-state index contributed by atoms with van der Waals surface area (Å²) in [6.45, 7) is 0. The molecule has 0 amide bonds. The molecule has 0 unspecified atom stereocenters. The third-order valence-electron chi connectivity index (χ3n) is 3.07. The third-order valence-corrected chi connectivity index (χ3v) is 3.07. The summed E-state index contributed by atoms with van der Waals surface area (Å²) in [6.07, 6.45) is 3.44. The number of hydrogen-bond donors (Lipinski definition) is 1. The molecule has 0 atom stereocenters. The van der Waals surface area contributed by atoms with Gasteiger partial charge in [-0.2, -0.15) is 0 Å². The summed E-state index contributed by atoms with van der Waals surface area (Å²) in [5, 5.41) is 8.89. The van der Waals surface area contributed by atoms with Crippen molar-refractivity contribution in [1.82, 2.24) is 14.5 Å². The van der Waals surface area contributed by atoms with Crippen molar-refractivity contribution in [3.8, 4) is 11.4 Å².